The van der Waals surface area contributed by atoms with Crippen LogP contribution >= 0.6 is 0 Å². The summed E-state index contributed by atoms with van der Waals surface area (Å²) in [5.74, 6) is 0.256. The number of amides is 1. The van der Waals surface area contributed by atoms with Crippen molar-refractivity contribution in [1.29, 1.82) is 5.26 Å². The molecule has 1 aliphatic carbocycles. The van der Waals surface area contributed by atoms with E-state index in [1.165, 1.54) is 32.1 Å². The Labute approximate surface area is 145 Å². The van der Waals surface area contributed by atoms with E-state index < -0.39 is 0 Å². The van der Waals surface area contributed by atoms with Crippen molar-refractivity contribution in [3.8, 4) is 6.07 Å². The van der Waals surface area contributed by atoms with E-state index in [1.54, 1.807) is 0 Å². The minimum Gasteiger partial charge on any atom is -0.340 e. The largest absolute Gasteiger partial charge is 0.340 e. The van der Waals surface area contributed by atoms with Crippen molar-refractivity contribution in [2.24, 2.45) is 0 Å². The highest BCUT2D eigenvalue weighted by atomic mass is 16.2. The number of nitriles is 1. The summed E-state index contributed by atoms with van der Waals surface area (Å²) in [7, 11) is 1.90. The third kappa shape index (κ3) is 3.79. The lowest BCUT2D eigenvalue weighted by Crippen LogP contribution is -2.53. The van der Waals surface area contributed by atoms with Gasteiger partial charge in [0.25, 0.3) is 0 Å². The molecule has 128 valence electrons. The third-order valence-corrected chi connectivity index (χ3v) is 5.50. The van der Waals surface area contributed by atoms with Gasteiger partial charge in [0.1, 0.15) is 0 Å². The molecule has 2 aliphatic rings. The Balaban J connectivity index is 1.65. The van der Waals surface area contributed by atoms with Crippen LogP contribution in [-0.4, -0.2) is 41.4 Å². The summed E-state index contributed by atoms with van der Waals surface area (Å²) in [6, 6.07) is 10.3. The van der Waals surface area contributed by atoms with Crippen molar-refractivity contribution in [2.45, 2.75) is 63.6 Å². The molecule has 0 aromatic heterocycles. The highest BCUT2D eigenvalue weighted by Gasteiger charge is 2.35. The molecule has 0 N–H and O–H groups in total. The fourth-order valence-electron chi connectivity index (χ4n) is 4.18. The number of nitrogens with zero attached hydrogens (tertiary/aromatic N) is 3. The van der Waals surface area contributed by atoms with Gasteiger partial charge in [-0.3, -0.25) is 9.69 Å². The number of likely N-dealkylation sites (tertiary alicyclic amines) is 1. The number of carbonyl (C=O) groups excluding carboxylic acids is 1. The van der Waals surface area contributed by atoms with Crippen LogP contribution in [0.25, 0.3) is 0 Å². The molecule has 3 rings (SSSR count). The summed E-state index contributed by atoms with van der Waals surface area (Å²) < 4.78 is 0. The zero-order valence-corrected chi connectivity index (χ0v) is 14.6. The average molecular weight is 325 g/mol. The predicted molar refractivity (Wildman–Crippen MR) is 94.2 cm³/mol. The van der Waals surface area contributed by atoms with Crippen molar-refractivity contribution >= 4 is 5.91 Å². The molecule has 1 heterocycles. The van der Waals surface area contributed by atoms with Gasteiger partial charge in [-0.25, -0.2) is 0 Å². The van der Waals surface area contributed by atoms with E-state index in [0.717, 1.165) is 24.9 Å². The summed E-state index contributed by atoms with van der Waals surface area (Å²) >= 11 is 0. The van der Waals surface area contributed by atoms with E-state index in [9.17, 15) is 4.79 Å². The Bertz CT molecular complexity index is 598. The first kappa shape index (κ1) is 17.0. The van der Waals surface area contributed by atoms with Crippen molar-refractivity contribution < 1.29 is 4.79 Å². The molecule has 1 saturated carbocycles. The van der Waals surface area contributed by atoms with Crippen LogP contribution in [0.5, 0.6) is 0 Å². The predicted octanol–water partition coefficient (Wildman–Crippen LogP) is 3.31. The zero-order chi connectivity index (χ0) is 16.9. The monoisotopic (exact) mass is 325 g/mol. The molecule has 4 nitrogen and oxygen atoms in total. The minimum absolute atomic E-state index is 0.0604. The number of benzene rings is 1. The maximum Gasteiger partial charge on any atom is 0.239 e. The van der Waals surface area contributed by atoms with Gasteiger partial charge in [0.15, 0.2) is 0 Å². The van der Waals surface area contributed by atoms with Crippen LogP contribution in [0.15, 0.2) is 24.3 Å². The van der Waals surface area contributed by atoms with E-state index >= 15 is 0 Å². The van der Waals surface area contributed by atoms with E-state index in [0.29, 0.717) is 18.2 Å². The molecule has 24 heavy (non-hydrogen) atoms. The van der Waals surface area contributed by atoms with Crippen molar-refractivity contribution in [2.75, 3.05) is 13.6 Å². The average Bonchev–Trinajstić information content (AvgIpc) is 3.16. The molecule has 0 radical (unpaired) electrons. The molecule has 0 spiro atoms. The van der Waals surface area contributed by atoms with Crippen LogP contribution in [0.2, 0.25) is 0 Å². The van der Waals surface area contributed by atoms with Crippen LogP contribution in [0.4, 0.5) is 0 Å². The molecule has 1 unspecified atom stereocenters. The zero-order valence-electron chi connectivity index (χ0n) is 14.6. The molecular weight excluding hydrogens is 298 g/mol. The van der Waals surface area contributed by atoms with E-state index in [1.807, 2.05) is 36.2 Å². The highest BCUT2D eigenvalue weighted by Crippen LogP contribution is 2.30. The molecule has 1 saturated heterocycles. The molecule has 1 atom stereocenters. The minimum atomic E-state index is 0.0604. The summed E-state index contributed by atoms with van der Waals surface area (Å²) in [5.41, 5.74) is 1.74. The number of piperidine rings is 1. The van der Waals surface area contributed by atoms with Crippen LogP contribution in [0, 0.1) is 11.3 Å². The van der Waals surface area contributed by atoms with Crippen molar-refractivity contribution in [3.05, 3.63) is 35.4 Å². The summed E-state index contributed by atoms with van der Waals surface area (Å²) in [6.45, 7) is 1.69. The summed E-state index contributed by atoms with van der Waals surface area (Å²) in [5, 5.41) is 8.88. The van der Waals surface area contributed by atoms with Crippen LogP contribution < -0.4 is 0 Å². The lowest BCUT2D eigenvalue weighted by molar-refractivity contribution is -0.138. The molecule has 1 aromatic carbocycles. The van der Waals surface area contributed by atoms with Crippen LogP contribution in [0.3, 0.4) is 0 Å². The second-order valence-electron chi connectivity index (χ2n) is 7.19. The molecular formula is C20H27N3O. The first-order valence-corrected chi connectivity index (χ1v) is 9.19. The second kappa shape index (κ2) is 7.81. The quantitative estimate of drug-likeness (QED) is 0.853. The van der Waals surface area contributed by atoms with Gasteiger partial charge in [0.05, 0.1) is 17.7 Å². The first-order chi connectivity index (χ1) is 11.7. The lowest BCUT2D eigenvalue weighted by atomic mass is 9.97. The SMILES string of the molecule is CN(Cc1ccc(C#N)cc1)C(=O)C1CCCCN1C1CCCC1. The Hall–Kier alpha value is -1.86. The first-order valence-electron chi connectivity index (χ1n) is 9.19. The van der Waals surface area contributed by atoms with Gasteiger partial charge in [-0.2, -0.15) is 5.26 Å². The number of likely N-dealkylation sites (N-methyl/N-ethyl adjacent to an activating group) is 1. The normalized spacial score (nSPS) is 22.2. The van der Waals surface area contributed by atoms with Gasteiger partial charge in [0, 0.05) is 19.6 Å². The Morgan fingerprint density at radius 1 is 1.17 bits per heavy atom. The summed E-state index contributed by atoms with van der Waals surface area (Å²) in [6.07, 6.45) is 8.50. The highest BCUT2D eigenvalue weighted by molar-refractivity contribution is 5.81. The van der Waals surface area contributed by atoms with Gasteiger partial charge in [-0.15, -0.1) is 0 Å². The lowest BCUT2D eigenvalue weighted by Gasteiger charge is -2.40. The van der Waals surface area contributed by atoms with Crippen molar-refractivity contribution in [3.63, 3.8) is 0 Å². The molecule has 1 aromatic rings. The number of carbonyl (C=O) groups is 1. The Kier molecular flexibility index (Phi) is 5.52. The van der Waals surface area contributed by atoms with Gasteiger partial charge in [-0.05, 0) is 49.9 Å². The van der Waals surface area contributed by atoms with E-state index in [-0.39, 0.29) is 11.9 Å². The standard InChI is InChI=1S/C20H27N3O/c1-22(15-17-11-9-16(14-21)10-12-17)20(24)19-8-4-5-13-23(19)18-6-2-3-7-18/h9-12,18-19H,2-8,13,15H2,1H3. The number of hydrogen-bond acceptors (Lipinski definition) is 3. The number of hydrogen-bond donors (Lipinski definition) is 0. The van der Waals surface area contributed by atoms with Crippen molar-refractivity contribution in [1.82, 2.24) is 9.80 Å². The Morgan fingerprint density at radius 2 is 1.83 bits per heavy atom. The smallest absolute Gasteiger partial charge is 0.239 e. The maximum absolute atomic E-state index is 13.0. The van der Waals surface area contributed by atoms with Crippen LogP contribution in [0.1, 0.15) is 56.1 Å². The molecule has 0 bridgehead atoms. The van der Waals surface area contributed by atoms with Gasteiger partial charge in [0.2, 0.25) is 5.91 Å². The van der Waals surface area contributed by atoms with Gasteiger partial charge in [-0.1, -0.05) is 31.4 Å². The molecule has 4 heteroatoms. The Morgan fingerprint density at radius 3 is 2.50 bits per heavy atom. The van der Waals surface area contributed by atoms with Gasteiger partial charge < -0.3 is 4.90 Å². The topological polar surface area (TPSA) is 47.3 Å². The maximum atomic E-state index is 13.0. The van der Waals surface area contributed by atoms with E-state index in [2.05, 4.69) is 11.0 Å². The fourth-order valence-corrected chi connectivity index (χ4v) is 4.18. The number of rotatable bonds is 4. The van der Waals surface area contributed by atoms with Crippen LogP contribution in [-0.2, 0) is 11.3 Å². The van der Waals surface area contributed by atoms with E-state index in [4.69, 9.17) is 5.26 Å². The molecule has 1 aliphatic heterocycles. The van der Waals surface area contributed by atoms with Gasteiger partial charge >= 0.3 is 0 Å². The third-order valence-electron chi connectivity index (χ3n) is 5.50. The molecule has 2 fully saturated rings. The fraction of sp³-hybridized carbons (Fsp3) is 0.600. The summed E-state index contributed by atoms with van der Waals surface area (Å²) in [4.78, 5) is 17.4. The molecule has 1 amide bonds. The second-order valence-corrected chi connectivity index (χ2v) is 7.19.